The van der Waals surface area contributed by atoms with Crippen molar-refractivity contribution in [2.45, 2.75) is 38.6 Å². The smallest absolute Gasteiger partial charge is 0.226 e. The number of carbonyl (C=O) groups excluding carboxylic acids is 1. The number of hydrogen-bond acceptors (Lipinski definition) is 3. The maximum Gasteiger partial charge on any atom is 0.226 e. The largest absolute Gasteiger partial charge is 0.381 e. The second-order valence-electron chi connectivity index (χ2n) is 8.13. The number of benzene rings is 1. The molecule has 144 valence electrons. The Morgan fingerprint density at radius 2 is 1.85 bits per heavy atom. The Bertz CT molecular complexity index is 583. The van der Waals surface area contributed by atoms with Gasteiger partial charge in [0.2, 0.25) is 5.91 Å². The standard InChI is InChI=1S/C21H30N2O2.ClH/c24-20(19-14-21(19)8-10-22-11-9-21)23(15-17-4-2-1-3-5-17)16-18-6-12-25-13-7-18;/h1-5,18-19,22H,6-16H2;1H. The second kappa shape index (κ2) is 8.73. The highest BCUT2D eigenvalue weighted by Crippen LogP contribution is 2.59. The van der Waals surface area contributed by atoms with Crippen molar-refractivity contribution >= 4 is 18.3 Å². The lowest BCUT2D eigenvalue weighted by Crippen LogP contribution is -2.39. The SMILES string of the molecule is Cl.O=C(C1CC12CCNCC2)N(Cc1ccccc1)CC1CCOCC1. The molecule has 1 aliphatic carbocycles. The first kappa shape index (κ1) is 19.7. The van der Waals surface area contributed by atoms with Crippen LogP contribution in [-0.4, -0.2) is 43.7 Å². The Labute approximate surface area is 163 Å². The van der Waals surface area contributed by atoms with Gasteiger partial charge in [0.15, 0.2) is 0 Å². The van der Waals surface area contributed by atoms with E-state index in [-0.39, 0.29) is 18.3 Å². The molecule has 1 unspecified atom stereocenters. The molecular formula is C21H31ClN2O2. The summed E-state index contributed by atoms with van der Waals surface area (Å²) in [5.74, 6) is 1.25. The summed E-state index contributed by atoms with van der Waals surface area (Å²) in [6.07, 6.45) is 5.60. The van der Waals surface area contributed by atoms with Crippen molar-refractivity contribution in [2.75, 3.05) is 32.8 Å². The van der Waals surface area contributed by atoms with Crippen LogP contribution in [0.5, 0.6) is 0 Å². The van der Waals surface area contributed by atoms with Crippen LogP contribution >= 0.6 is 12.4 Å². The molecule has 26 heavy (non-hydrogen) atoms. The van der Waals surface area contributed by atoms with Crippen LogP contribution in [-0.2, 0) is 16.1 Å². The maximum absolute atomic E-state index is 13.3. The summed E-state index contributed by atoms with van der Waals surface area (Å²) in [6.45, 7) is 5.47. The van der Waals surface area contributed by atoms with E-state index < -0.39 is 0 Å². The first-order valence-electron chi connectivity index (χ1n) is 9.88. The molecule has 2 heterocycles. The lowest BCUT2D eigenvalue weighted by molar-refractivity contribution is -0.135. The highest BCUT2D eigenvalue weighted by molar-refractivity contribution is 5.85. The van der Waals surface area contributed by atoms with Crippen LogP contribution in [0.2, 0.25) is 0 Å². The van der Waals surface area contributed by atoms with Crippen molar-refractivity contribution in [1.29, 1.82) is 0 Å². The fraction of sp³-hybridized carbons (Fsp3) is 0.667. The molecule has 4 nitrogen and oxygen atoms in total. The molecule has 1 aromatic carbocycles. The molecule has 3 aliphatic rings. The molecule has 2 aliphatic heterocycles. The molecule has 1 spiro atoms. The van der Waals surface area contributed by atoms with Gasteiger partial charge in [-0.05, 0) is 62.1 Å². The number of halogens is 1. The second-order valence-corrected chi connectivity index (χ2v) is 8.13. The predicted molar refractivity (Wildman–Crippen MR) is 105 cm³/mol. The monoisotopic (exact) mass is 378 g/mol. The van der Waals surface area contributed by atoms with Crippen molar-refractivity contribution in [3.8, 4) is 0 Å². The summed E-state index contributed by atoms with van der Waals surface area (Å²) < 4.78 is 5.50. The van der Waals surface area contributed by atoms with Crippen LogP contribution in [0.15, 0.2) is 30.3 Å². The zero-order valence-corrected chi connectivity index (χ0v) is 16.3. The average Bonchev–Trinajstić information content (AvgIpc) is 3.35. The molecule has 0 radical (unpaired) electrons. The molecule has 3 fully saturated rings. The van der Waals surface area contributed by atoms with Gasteiger partial charge >= 0.3 is 0 Å². The number of ether oxygens (including phenoxy) is 1. The van der Waals surface area contributed by atoms with E-state index in [1.54, 1.807) is 0 Å². The van der Waals surface area contributed by atoms with Gasteiger partial charge in [-0.25, -0.2) is 0 Å². The van der Waals surface area contributed by atoms with Crippen molar-refractivity contribution < 1.29 is 9.53 Å². The zero-order chi connectivity index (χ0) is 17.1. The minimum Gasteiger partial charge on any atom is -0.381 e. The van der Waals surface area contributed by atoms with Crippen molar-refractivity contribution in [1.82, 2.24) is 10.2 Å². The quantitative estimate of drug-likeness (QED) is 0.855. The third-order valence-electron chi connectivity index (χ3n) is 6.43. The third-order valence-corrected chi connectivity index (χ3v) is 6.43. The minimum absolute atomic E-state index is 0. The van der Waals surface area contributed by atoms with Crippen LogP contribution in [0.3, 0.4) is 0 Å². The lowest BCUT2D eigenvalue weighted by Gasteiger charge is -2.31. The average molecular weight is 379 g/mol. The Morgan fingerprint density at radius 1 is 1.15 bits per heavy atom. The molecule has 4 rings (SSSR count). The highest BCUT2D eigenvalue weighted by Gasteiger charge is 2.58. The number of amides is 1. The van der Waals surface area contributed by atoms with Gasteiger partial charge in [0.05, 0.1) is 0 Å². The van der Waals surface area contributed by atoms with E-state index in [9.17, 15) is 4.79 Å². The van der Waals surface area contributed by atoms with Gasteiger partial charge in [-0.3, -0.25) is 4.79 Å². The summed E-state index contributed by atoms with van der Waals surface area (Å²) in [6, 6.07) is 10.4. The minimum atomic E-state index is 0. The van der Waals surface area contributed by atoms with E-state index in [0.717, 1.165) is 58.7 Å². The molecule has 0 aromatic heterocycles. The van der Waals surface area contributed by atoms with E-state index in [0.29, 0.717) is 17.2 Å². The van der Waals surface area contributed by atoms with Crippen molar-refractivity contribution in [3.63, 3.8) is 0 Å². The molecule has 1 aromatic rings. The van der Waals surface area contributed by atoms with Gasteiger partial charge < -0.3 is 15.0 Å². The van der Waals surface area contributed by atoms with Crippen LogP contribution in [0.1, 0.15) is 37.7 Å². The third kappa shape index (κ3) is 4.41. The van der Waals surface area contributed by atoms with Gasteiger partial charge in [0.25, 0.3) is 0 Å². The Balaban J connectivity index is 0.00000196. The fourth-order valence-electron chi connectivity index (χ4n) is 4.67. The highest BCUT2D eigenvalue weighted by atomic mass is 35.5. The number of nitrogens with one attached hydrogen (secondary N) is 1. The molecule has 1 amide bonds. The number of rotatable bonds is 5. The Kier molecular flexibility index (Phi) is 6.60. The molecule has 2 saturated heterocycles. The number of carbonyl (C=O) groups is 1. The summed E-state index contributed by atoms with van der Waals surface area (Å²) >= 11 is 0. The molecular weight excluding hydrogens is 348 g/mol. The van der Waals surface area contributed by atoms with Crippen LogP contribution < -0.4 is 5.32 Å². The van der Waals surface area contributed by atoms with Gasteiger partial charge in [0.1, 0.15) is 0 Å². The van der Waals surface area contributed by atoms with E-state index in [4.69, 9.17) is 4.74 Å². The Hall–Kier alpha value is -1.10. The Morgan fingerprint density at radius 3 is 2.54 bits per heavy atom. The first-order valence-corrected chi connectivity index (χ1v) is 9.88. The van der Waals surface area contributed by atoms with E-state index >= 15 is 0 Å². The summed E-state index contributed by atoms with van der Waals surface area (Å²) in [7, 11) is 0. The van der Waals surface area contributed by atoms with Gasteiger partial charge in [-0.2, -0.15) is 0 Å². The lowest BCUT2D eigenvalue weighted by atomic mass is 9.91. The molecule has 5 heteroatoms. The number of hydrogen-bond donors (Lipinski definition) is 1. The maximum atomic E-state index is 13.3. The topological polar surface area (TPSA) is 41.6 Å². The zero-order valence-electron chi connectivity index (χ0n) is 15.5. The van der Waals surface area contributed by atoms with Crippen LogP contribution in [0.4, 0.5) is 0 Å². The number of piperidine rings is 1. The van der Waals surface area contributed by atoms with Crippen molar-refractivity contribution in [3.05, 3.63) is 35.9 Å². The van der Waals surface area contributed by atoms with Gasteiger partial charge in [-0.1, -0.05) is 30.3 Å². The molecule has 1 atom stereocenters. The van der Waals surface area contributed by atoms with Crippen molar-refractivity contribution in [2.24, 2.45) is 17.3 Å². The molecule has 1 N–H and O–H groups in total. The van der Waals surface area contributed by atoms with E-state index in [1.807, 2.05) is 6.07 Å². The first-order chi connectivity index (χ1) is 12.3. The van der Waals surface area contributed by atoms with Crippen LogP contribution in [0, 0.1) is 17.3 Å². The van der Waals surface area contributed by atoms with Crippen LogP contribution in [0.25, 0.3) is 0 Å². The van der Waals surface area contributed by atoms with E-state index in [2.05, 4.69) is 34.5 Å². The summed E-state index contributed by atoms with van der Waals surface area (Å²) in [5, 5.41) is 3.44. The molecule has 0 bridgehead atoms. The summed E-state index contributed by atoms with van der Waals surface area (Å²) in [4.78, 5) is 15.5. The predicted octanol–water partition coefficient (Wildman–Crippen LogP) is 3.25. The van der Waals surface area contributed by atoms with Gasteiger partial charge in [-0.15, -0.1) is 12.4 Å². The fourth-order valence-corrected chi connectivity index (χ4v) is 4.67. The summed E-state index contributed by atoms with van der Waals surface area (Å²) in [5.41, 5.74) is 1.55. The molecule has 1 saturated carbocycles. The normalized spacial score (nSPS) is 24.7. The van der Waals surface area contributed by atoms with E-state index in [1.165, 1.54) is 18.4 Å². The number of nitrogens with zero attached hydrogens (tertiary/aromatic N) is 1. The van der Waals surface area contributed by atoms with Gasteiger partial charge in [0, 0.05) is 32.2 Å².